The van der Waals surface area contributed by atoms with Crippen LogP contribution in [0.4, 0.5) is 0 Å². The number of rotatable bonds is 7. The lowest BCUT2D eigenvalue weighted by atomic mass is 10.2. The van der Waals surface area contributed by atoms with E-state index in [1.54, 1.807) is 6.92 Å². The summed E-state index contributed by atoms with van der Waals surface area (Å²) in [6.45, 7) is 6.39. The van der Waals surface area contributed by atoms with Crippen molar-refractivity contribution in [1.29, 1.82) is 0 Å². The van der Waals surface area contributed by atoms with Crippen LogP contribution in [-0.2, 0) is 4.79 Å². The van der Waals surface area contributed by atoms with E-state index in [1.165, 1.54) is 0 Å². The average Bonchev–Trinajstić information content (AvgIpc) is 2.37. The van der Waals surface area contributed by atoms with Crippen LogP contribution in [0.2, 0.25) is 0 Å². The average molecular weight is 236 g/mol. The van der Waals surface area contributed by atoms with Crippen LogP contribution in [0.25, 0.3) is 0 Å². The summed E-state index contributed by atoms with van der Waals surface area (Å²) in [5, 5.41) is 0. The van der Waals surface area contributed by atoms with Gasteiger partial charge < -0.3 is 9.47 Å². The maximum Gasteiger partial charge on any atom is 0.172 e. The van der Waals surface area contributed by atoms with E-state index in [4.69, 9.17) is 9.47 Å². The summed E-state index contributed by atoms with van der Waals surface area (Å²) in [5.74, 6) is 1.63. The monoisotopic (exact) mass is 236 g/mol. The third-order valence-corrected chi connectivity index (χ3v) is 2.41. The van der Waals surface area contributed by atoms with Crippen LogP contribution in [0, 0.1) is 0 Å². The normalized spacial score (nSPS) is 11.9. The Kier molecular flexibility index (Phi) is 5.53. The second kappa shape index (κ2) is 6.94. The summed E-state index contributed by atoms with van der Waals surface area (Å²) in [5.41, 5.74) is 0. The molecule has 3 heteroatoms. The highest BCUT2D eigenvalue weighted by atomic mass is 16.5. The molecule has 1 unspecified atom stereocenters. The first-order valence-corrected chi connectivity index (χ1v) is 6.09. The van der Waals surface area contributed by atoms with E-state index >= 15 is 0 Å². The largest absolute Gasteiger partial charge is 0.494 e. The first kappa shape index (κ1) is 13.6. The molecule has 0 aliphatic heterocycles. The molecule has 0 heterocycles. The standard InChI is InChI=1S/C14H20O3/c1-4-10-16-12-6-8-13(9-7-12)17-11(3)14(15)5-2/h6-9,11H,4-5,10H2,1-3H3. The van der Waals surface area contributed by atoms with Gasteiger partial charge in [0.1, 0.15) is 11.5 Å². The van der Waals surface area contributed by atoms with E-state index in [2.05, 4.69) is 6.92 Å². The lowest BCUT2D eigenvalue weighted by Gasteiger charge is -2.13. The summed E-state index contributed by atoms with van der Waals surface area (Å²) in [6.07, 6.45) is 1.10. The summed E-state index contributed by atoms with van der Waals surface area (Å²) in [4.78, 5) is 11.4. The molecular weight excluding hydrogens is 216 g/mol. The molecule has 0 bridgehead atoms. The zero-order chi connectivity index (χ0) is 12.7. The van der Waals surface area contributed by atoms with Crippen LogP contribution in [0.1, 0.15) is 33.6 Å². The molecule has 0 aliphatic carbocycles. The van der Waals surface area contributed by atoms with Gasteiger partial charge in [-0.25, -0.2) is 0 Å². The van der Waals surface area contributed by atoms with E-state index in [9.17, 15) is 4.79 Å². The number of ketones is 1. The molecule has 3 nitrogen and oxygen atoms in total. The van der Waals surface area contributed by atoms with Gasteiger partial charge in [0.2, 0.25) is 0 Å². The predicted molar refractivity (Wildman–Crippen MR) is 67.6 cm³/mol. The van der Waals surface area contributed by atoms with Gasteiger partial charge in [0.05, 0.1) is 6.61 Å². The Bertz CT molecular complexity index is 343. The molecule has 1 atom stereocenters. The van der Waals surface area contributed by atoms with Crippen molar-refractivity contribution in [2.75, 3.05) is 6.61 Å². The molecule has 0 fully saturated rings. The number of carbonyl (C=O) groups excluding carboxylic acids is 1. The van der Waals surface area contributed by atoms with Gasteiger partial charge in [0, 0.05) is 6.42 Å². The number of Topliss-reactive ketones (excluding diaryl/α,β-unsaturated/α-hetero) is 1. The molecule has 0 saturated carbocycles. The molecule has 0 aliphatic rings. The third-order valence-electron chi connectivity index (χ3n) is 2.41. The summed E-state index contributed by atoms with van der Waals surface area (Å²) in [6, 6.07) is 7.36. The molecule has 0 aromatic heterocycles. The molecule has 1 aromatic rings. The minimum absolute atomic E-state index is 0.108. The maximum atomic E-state index is 11.4. The van der Waals surface area contributed by atoms with Crippen molar-refractivity contribution in [3.8, 4) is 11.5 Å². The fourth-order valence-corrected chi connectivity index (χ4v) is 1.39. The molecule has 0 radical (unpaired) electrons. The van der Waals surface area contributed by atoms with E-state index in [1.807, 2.05) is 31.2 Å². The van der Waals surface area contributed by atoms with Gasteiger partial charge in [-0.1, -0.05) is 13.8 Å². The summed E-state index contributed by atoms with van der Waals surface area (Å²) in [7, 11) is 0. The topological polar surface area (TPSA) is 35.5 Å². The zero-order valence-electron chi connectivity index (χ0n) is 10.7. The molecule has 94 valence electrons. The lowest BCUT2D eigenvalue weighted by Crippen LogP contribution is -2.22. The Morgan fingerprint density at radius 1 is 1.18 bits per heavy atom. The molecule has 0 N–H and O–H groups in total. The fourth-order valence-electron chi connectivity index (χ4n) is 1.39. The lowest BCUT2D eigenvalue weighted by molar-refractivity contribution is -0.124. The van der Waals surface area contributed by atoms with Crippen LogP contribution >= 0.6 is 0 Å². The molecule has 17 heavy (non-hydrogen) atoms. The second-order valence-electron chi connectivity index (χ2n) is 3.90. The Morgan fingerprint density at radius 2 is 1.76 bits per heavy atom. The van der Waals surface area contributed by atoms with Crippen LogP contribution in [0.5, 0.6) is 11.5 Å². The Labute approximate surface area is 103 Å². The molecule has 1 rings (SSSR count). The van der Waals surface area contributed by atoms with Gasteiger partial charge in [-0.3, -0.25) is 4.79 Å². The smallest absolute Gasteiger partial charge is 0.172 e. The highest BCUT2D eigenvalue weighted by molar-refractivity contribution is 5.82. The minimum Gasteiger partial charge on any atom is -0.494 e. The van der Waals surface area contributed by atoms with Gasteiger partial charge >= 0.3 is 0 Å². The van der Waals surface area contributed by atoms with Crippen molar-refractivity contribution >= 4 is 5.78 Å². The molecule has 0 spiro atoms. The van der Waals surface area contributed by atoms with Crippen molar-refractivity contribution in [3.05, 3.63) is 24.3 Å². The van der Waals surface area contributed by atoms with Crippen LogP contribution in [0.15, 0.2) is 24.3 Å². The number of hydrogen-bond acceptors (Lipinski definition) is 3. The Balaban J connectivity index is 2.53. The van der Waals surface area contributed by atoms with Crippen molar-refractivity contribution in [1.82, 2.24) is 0 Å². The van der Waals surface area contributed by atoms with Crippen molar-refractivity contribution < 1.29 is 14.3 Å². The quantitative estimate of drug-likeness (QED) is 0.729. The van der Waals surface area contributed by atoms with Gasteiger partial charge in [-0.05, 0) is 37.6 Å². The van der Waals surface area contributed by atoms with Gasteiger partial charge in [0.15, 0.2) is 11.9 Å². The van der Waals surface area contributed by atoms with Gasteiger partial charge in [0.25, 0.3) is 0 Å². The van der Waals surface area contributed by atoms with E-state index in [0.29, 0.717) is 18.8 Å². The first-order chi connectivity index (χ1) is 8.17. The fraction of sp³-hybridized carbons (Fsp3) is 0.500. The summed E-state index contributed by atoms with van der Waals surface area (Å²) < 4.78 is 11.0. The van der Waals surface area contributed by atoms with Crippen LogP contribution in [-0.4, -0.2) is 18.5 Å². The van der Waals surface area contributed by atoms with Crippen molar-refractivity contribution in [3.63, 3.8) is 0 Å². The number of benzene rings is 1. The summed E-state index contributed by atoms with van der Waals surface area (Å²) >= 11 is 0. The highest BCUT2D eigenvalue weighted by Crippen LogP contribution is 2.19. The first-order valence-electron chi connectivity index (χ1n) is 6.09. The van der Waals surface area contributed by atoms with E-state index < -0.39 is 0 Å². The third kappa shape index (κ3) is 4.47. The molecule has 0 saturated heterocycles. The highest BCUT2D eigenvalue weighted by Gasteiger charge is 2.11. The second-order valence-corrected chi connectivity index (χ2v) is 3.90. The van der Waals surface area contributed by atoms with Gasteiger partial charge in [-0.2, -0.15) is 0 Å². The molecule has 1 aromatic carbocycles. The van der Waals surface area contributed by atoms with E-state index in [-0.39, 0.29) is 11.9 Å². The van der Waals surface area contributed by atoms with Crippen LogP contribution < -0.4 is 9.47 Å². The zero-order valence-corrected chi connectivity index (χ0v) is 10.7. The maximum absolute atomic E-state index is 11.4. The molecular formula is C14H20O3. The number of hydrogen-bond donors (Lipinski definition) is 0. The Morgan fingerprint density at radius 3 is 2.29 bits per heavy atom. The number of ether oxygens (including phenoxy) is 2. The Hall–Kier alpha value is -1.51. The van der Waals surface area contributed by atoms with Crippen molar-refractivity contribution in [2.45, 2.75) is 39.7 Å². The predicted octanol–water partition coefficient (Wildman–Crippen LogP) is 3.22. The molecule has 0 amide bonds. The minimum atomic E-state index is -0.387. The van der Waals surface area contributed by atoms with E-state index in [0.717, 1.165) is 12.2 Å². The SMILES string of the molecule is CCCOc1ccc(OC(C)C(=O)CC)cc1. The van der Waals surface area contributed by atoms with Crippen molar-refractivity contribution in [2.24, 2.45) is 0 Å². The number of carbonyl (C=O) groups is 1. The van der Waals surface area contributed by atoms with Gasteiger partial charge in [-0.15, -0.1) is 0 Å². The van der Waals surface area contributed by atoms with Crippen LogP contribution in [0.3, 0.4) is 0 Å².